The minimum Gasteiger partial charge on any atom is -0.374 e. The van der Waals surface area contributed by atoms with Gasteiger partial charge in [-0.2, -0.15) is 0 Å². The maximum Gasteiger partial charge on any atom is 0.0820 e. The van der Waals surface area contributed by atoms with Gasteiger partial charge in [0, 0.05) is 6.61 Å². The number of benzene rings is 1. The largest absolute Gasteiger partial charge is 0.374 e. The lowest BCUT2D eigenvalue weighted by Gasteiger charge is -2.36. The van der Waals surface area contributed by atoms with Gasteiger partial charge in [-0.1, -0.05) is 36.2 Å². The summed E-state index contributed by atoms with van der Waals surface area (Å²) in [5.74, 6) is 5.76. The molecule has 2 atom stereocenters. The normalized spacial score (nSPS) is 16.1. The van der Waals surface area contributed by atoms with E-state index in [0.29, 0.717) is 6.61 Å². The van der Waals surface area contributed by atoms with E-state index in [1.807, 2.05) is 6.92 Å². The van der Waals surface area contributed by atoms with Gasteiger partial charge in [0.05, 0.1) is 11.6 Å². The molecule has 0 saturated heterocycles. The molecule has 0 bridgehead atoms. The lowest BCUT2D eigenvalue weighted by molar-refractivity contribution is -0.0550. The topological polar surface area (TPSA) is 47.3 Å². The van der Waals surface area contributed by atoms with Gasteiger partial charge in [-0.05, 0) is 46.1 Å². The second kappa shape index (κ2) is 7.04. The highest BCUT2D eigenvalue weighted by Crippen LogP contribution is 2.23. The molecular formula is C16H28N2O. The van der Waals surface area contributed by atoms with E-state index >= 15 is 0 Å². The first-order valence-electron chi connectivity index (χ1n) is 7.12. The molecule has 0 heterocycles. The highest BCUT2D eigenvalue weighted by Gasteiger charge is 2.32. The van der Waals surface area contributed by atoms with Crippen molar-refractivity contribution in [3.05, 3.63) is 34.9 Å². The summed E-state index contributed by atoms with van der Waals surface area (Å²) in [7, 11) is 0. The zero-order chi connectivity index (χ0) is 14.5. The fourth-order valence-electron chi connectivity index (χ4n) is 2.65. The number of rotatable bonds is 7. The molecule has 19 heavy (non-hydrogen) atoms. The van der Waals surface area contributed by atoms with Crippen LogP contribution in [0, 0.1) is 13.8 Å². The van der Waals surface area contributed by atoms with Crippen LogP contribution in [-0.2, 0) is 11.2 Å². The molecule has 0 aromatic heterocycles. The van der Waals surface area contributed by atoms with E-state index in [2.05, 4.69) is 51.3 Å². The van der Waals surface area contributed by atoms with Gasteiger partial charge in [0.2, 0.25) is 0 Å². The second-order valence-corrected chi connectivity index (χ2v) is 5.52. The van der Waals surface area contributed by atoms with Crippen LogP contribution in [-0.4, -0.2) is 18.2 Å². The molecule has 1 aromatic rings. The Morgan fingerprint density at radius 3 is 2.21 bits per heavy atom. The average Bonchev–Trinajstić information content (AvgIpc) is 2.35. The Labute approximate surface area is 117 Å². The minimum absolute atomic E-state index is 0.110. The van der Waals surface area contributed by atoms with Gasteiger partial charge in [0.15, 0.2) is 0 Å². The Morgan fingerprint density at radius 1 is 1.21 bits per heavy atom. The molecule has 3 N–H and O–H groups in total. The van der Waals surface area contributed by atoms with Crippen LogP contribution in [0.15, 0.2) is 18.2 Å². The standard InChI is InChI=1S/C16H28N2O/c1-6-16(5,19-7-2)15(18-17)11-14-9-12(3)8-13(4)10-14/h8-10,15,18H,6-7,11,17H2,1-5H3. The summed E-state index contributed by atoms with van der Waals surface area (Å²) in [6.45, 7) is 11.3. The molecule has 1 rings (SSSR count). The lowest BCUT2D eigenvalue weighted by atomic mass is 9.88. The predicted molar refractivity (Wildman–Crippen MR) is 81.1 cm³/mol. The van der Waals surface area contributed by atoms with Gasteiger partial charge >= 0.3 is 0 Å². The fourth-order valence-corrected chi connectivity index (χ4v) is 2.65. The highest BCUT2D eigenvalue weighted by atomic mass is 16.5. The summed E-state index contributed by atoms with van der Waals surface area (Å²) in [6.07, 6.45) is 1.81. The molecule has 0 aliphatic rings. The zero-order valence-corrected chi connectivity index (χ0v) is 12.9. The third-order valence-electron chi connectivity index (χ3n) is 3.84. The van der Waals surface area contributed by atoms with Crippen LogP contribution in [0.2, 0.25) is 0 Å². The van der Waals surface area contributed by atoms with Crippen LogP contribution in [0.3, 0.4) is 0 Å². The van der Waals surface area contributed by atoms with Gasteiger partial charge in [0.1, 0.15) is 0 Å². The maximum absolute atomic E-state index is 5.92. The van der Waals surface area contributed by atoms with Crippen molar-refractivity contribution in [1.82, 2.24) is 5.43 Å². The summed E-state index contributed by atoms with van der Waals surface area (Å²) in [5.41, 5.74) is 6.60. The van der Waals surface area contributed by atoms with Crippen molar-refractivity contribution in [2.75, 3.05) is 6.61 Å². The molecule has 0 amide bonds. The van der Waals surface area contributed by atoms with E-state index in [-0.39, 0.29) is 11.6 Å². The number of aryl methyl sites for hydroxylation is 2. The van der Waals surface area contributed by atoms with E-state index in [9.17, 15) is 0 Å². The van der Waals surface area contributed by atoms with Crippen molar-refractivity contribution in [2.45, 2.75) is 59.1 Å². The number of hydrogen-bond acceptors (Lipinski definition) is 3. The summed E-state index contributed by atoms with van der Waals surface area (Å²) in [6, 6.07) is 6.74. The quantitative estimate of drug-likeness (QED) is 0.588. The summed E-state index contributed by atoms with van der Waals surface area (Å²) in [5, 5.41) is 0. The van der Waals surface area contributed by atoms with Gasteiger partial charge in [-0.3, -0.25) is 11.3 Å². The Balaban J connectivity index is 2.91. The van der Waals surface area contributed by atoms with Crippen molar-refractivity contribution in [3.63, 3.8) is 0 Å². The third-order valence-corrected chi connectivity index (χ3v) is 3.84. The fraction of sp³-hybridized carbons (Fsp3) is 0.625. The number of hydrazine groups is 1. The average molecular weight is 264 g/mol. The SMILES string of the molecule is CCOC(C)(CC)C(Cc1cc(C)cc(C)c1)NN. The number of nitrogens with one attached hydrogen (secondary N) is 1. The van der Waals surface area contributed by atoms with Crippen molar-refractivity contribution >= 4 is 0 Å². The molecule has 0 spiro atoms. The molecule has 0 aliphatic carbocycles. The van der Waals surface area contributed by atoms with Crippen LogP contribution in [0.1, 0.15) is 43.9 Å². The van der Waals surface area contributed by atoms with E-state index in [0.717, 1.165) is 12.8 Å². The third kappa shape index (κ3) is 4.30. The summed E-state index contributed by atoms with van der Waals surface area (Å²) >= 11 is 0. The number of hydrogen-bond donors (Lipinski definition) is 2. The number of ether oxygens (including phenoxy) is 1. The molecule has 2 unspecified atom stereocenters. The minimum atomic E-state index is -0.235. The van der Waals surface area contributed by atoms with Crippen molar-refractivity contribution in [3.8, 4) is 0 Å². The molecule has 3 heteroatoms. The Morgan fingerprint density at radius 2 is 1.79 bits per heavy atom. The van der Waals surface area contributed by atoms with E-state index in [1.54, 1.807) is 0 Å². The zero-order valence-electron chi connectivity index (χ0n) is 12.9. The molecule has 3 nitrogen and oxygen atoms in total. The smallest absolute Gasteiger partial charge is 0.0820 e. The maximum atomic E-state index is 5.92. The molecule has 0 fully saturated rings. The van der Waals surface area contributed by atoms with Crippen molar-refractivity contribution in [2.24, 2.45) is 5.84 Å². The molecule has 1 aromatic carbocycles. The van der Waals surface area contributed by atoms with Crippen molar-refractivity contribution in [1.29, 1.82) is 0 Å². The first-order chi connectivity index (χ1) is 8.95. The van der Waals surface area contributed by atoms with Crippen molar-refractivity contribution < 1.29 is 4.74 Å². The van der Waals surface area contributed by atoms with E-state index in [1.165, 1.54) is 16.7 Å². The summed E-state index contributed by atoms with van der Waals surface area (Å²) in [4.78, 5) is 0. The van der Waals surface area contributed by atoms with Crippen LogP contribution >= 0.6 is 0 Å². The van der Waals surface area contributed by atoms with Crippen LogP contribution in [0.5, 0.6) is 0 Å². The second-order valence-electron chi connectivity index (χ2n) is 5.52. The Kier molecular flexibility index (Phi) is 5.98. The Bertz CT molecular complexity index is 385. The lowest BCUT2D eigenvalue weighted by Crippen LogP contribution is -2.54. The molecule has 0 radical (unpaired) electrons. The molecule has 108 valence electrons. The molecule has 0 aliphatic heterocycles. The van der Waals surface area contributed by atoms with Gasteiger partial charge in [-0.15, -0.1) is 0 Å². The molecule has 0 saturated carbocycles. The molecular weight excluding hydrogens is 236 g/mol. The predicted octanol–water partition coefficient (Wildman–Crippen LogP) is 2.88. The van der Waals surface area contributed by atoms with Gasteiger partial charge < -0.3 is 4.74 Å². The van der Waals surface area contributed by atoms with Gasteiger partial charge in [-0.25, -0.2) is 0 Å². The van der Waals surface area contributed by atoms with Gasteiger partial charge in [0.25, 0.3) is 0 Å². The first kappa shape index (κ1) is 16.2. The van der Waals surface area contributed by atoms with E-state index < -0.39 is 0 Å². The van der Waals surface area contributed by atoms with Crippen LogP contribution < -0.4 is 11.3 Å². The van der Waals surface area contributed by atoms with E-state index in [4.69, 9.17) is 10.6 Å². The van der Waals surface area contributed by atoms with Crippen LogP contribution in [0.25, 0.3) is 0 Å². The monoisotopic (exact) mass is 264 g/mol. The summed E-state index contributed by atoms with van der Waals surface area (Å²) < 4.78 is 5.92. The first-order valence-corrected chi connectivity index (χ1v) is 7.12. The number of nitrogens with two attached hydrogens (primary N) is 1. The Hall–Kier alpha value is -0.900. The highest BCUT2D eigenvalue weighted by molar-refractivity contribution is 5.29. The van der Waals surface area contributed by atoms with Crippen LogP contribution in [0.4, 0.5) is 0 Å².